The Bertz CT molecular complexity index is 1190. The van der Waals surface area contributed by atoms with E-state index in [9.17, 15) is 18.0 Å². The molecule has 4 rings (SSSR count). The molecular weight excluding hydrogens is 518 g/mol. The molecular formula is C25H30BrN3O4S. The largest absolute Gasteiger partial charge is 0.349 e. The molecule has 2 amide bonds. The molecule has 34 heavy (non-hydrogen) atoms. The Morgan fingerprint density at radius 2 is 1.91 bits per heavy atom. The van der Waals surface area contributed by atoms with Crippen LogP contribution < -0.4 is 10.2 Å². The first-order chi connectivity index (χ1) is 16.2. The van der Waals surface area contributed by atoms with Crippen molar-refractivity contribution in [3.8, 4) is 0 Å². The Hall–Kier alpha value is -2.23. The van der Waals surface area contributed by atoms with Gasteiger partial charge in [-0.3, -0.25) is 9.59 Å². The van der Waals surface area contributed by atoms with Crippen LogP contribution in [0.4, 0.5) is 5.69 Å². The number of nitrogens with one attached hydrogen (secondary N) is 1. The van der Waals surface area contributed by atoms with Gasteiger partial charge in [-0.1, -0.05) is 53.2 Å². The summed E-state index contributed by atoms with van der Waals surface area (Å²) >= 11 is 3.44. The van der Waals surface area contributed by atoms with Gasteiger partial charge in [-0.2, -0.15) is 4.31 Å². The number of carbonyl (C=O) groups excluding carboxylic acids is 2. The molecule has 0 radical (unpaired) electrons. The SMILES string of the molecule is CCC(=O)N1CCc2cc(Br)cc(S(=O)(=O)N3CCCC(C(=O)NC(C)c4ccccc4)C3)c21. The highest BCUT2D eigenvalue weighted by molar-refractivity contribution is 9.10. The van der Waals surface area contributed by atoms with Crippen molar-refractivity contribution in [1.82, 2.24) is 9.62 Å². The number of fused-ring (bicyclic) bond motifs is 1. The fraction of sp³-hybridized carbons (Fsp3) is 0.440. The second-order valence-corrected chi connectivity index (χ2v) is 11.7. The van der Waals surface area contributed by atoms with E-state index in [4.69, 9.17) is 0 Å². The van der Waals surface area contributed by atoms with Gasteiger partial charge in [0.25, 0.3) is 0 Å². The van der Waals surface area contributed by atoms with Gasteiger partial charge >= 0.3 is 0 Å². The van der Waals surface area contributed by atoms with Crippen LogP contribution in [-0.2, 0) is 26.0 Å². The molecule has 2 unspecified atom stereocenters. The molecule has 2 aliphatic heterocycles. The van der Waals surface area contributed by atoms with Gasteiger partial charge in [0.15, 0.2) is 0 Å². The third-order valence-corrected chi connectivity index (χ3v) is 8.96. The minimum Gasteiger partial charge on any atom is -0.349 e. The van der Waals surface area contributed by atoms with Gasteiger partial charge in [0.05, 0.1) is 17.6 Å². The summed E-state index contributed by atoms with van der Waals surface area (Å²) in [5, 5.41) is 3.04. The zero-order valence-corrected chi connectivity index (χ0v) is 21.9. The van der Waals surface area contributed by atoms with Crippen LogP contribution in [-0.4, -0.2) is 44.2 Å². The Balaban J connectivity index is 1.57. The summed E-state index contributed by atoms with van der Waals surface area (Å²) in [7, 11) is -3.90. The van der Waals surface area contributed by atoms with Crippen molar-refractivity contribution in [3.63, 3.8) is 0 Å². The number of amides is 2. The summed E-state index contributed by atoms with van der Waals surface area (Å²) < 4.78 is 29.7. The summed E-state index contributed by atoms with van der Waals surface area (Å²) in [5.41, 5.74) is 2.33. The van der Waals surface area contributed by atoms with Gasteiger partial charge in [-0.25, -0.2) is 8.42 Å². The number of hydrogen-bond acceptors (Lipinski definition) is 4. The maximum absolute atomic E-state index is 13.8. The Labute approximate surface area is 209 Å². The van der Waals surface area contributed by atoms with Crippen LogP contribution >= 0.6 is 15.9 Å². The second kappa shape index (κ2) is 10.2. The van der Waals surface area contributed by atoms with E-state index in [0.29, 0.717) is 48.9 Å². The number of benzene rings is 2. The van der Waals surface area contributed by atoms with Crippen LogP contribution in [0.5, 0.6) is 0 Å². The quantitative estimate of drug-likeness (QED) is 0.591. The van der Waals surface area contributed by atoms with Gasteiger partial charge in [-0.05, 0) is 49.4 Å². The zero-order chi connectivity index (χ0) is 24.5. The maximum Gasteiger partial charge on any atom is 0.245 e. The highest BCUT2D eigenvalue weighted by Gasteiger charge is 2.38. The number of anilines is 1. The van der Waals surface area contributed by atoms with Gasteiger partial charge < -0.3 is 10.2 Å². The molecule has 2 aromatic rings. The number of halogens is 1. The molecule has 1 fully saturated rings. The summed E-state index contributed by atoms with van der Waals surface area (Å²) in [4.78, 5) is 27.3. The molecule has 1 saturated heterocycles. The standard InChI is InChI=1S/C25H30BrN3O4S/c1-3-23(30)29-13-11-19-14-21(26)15-22(24(19)29)34(32,33)28-12-7-10-20(16-28)25(31)27-17(2)18-8-5-4-6-9-18/h4-6,8-9,14-15,17,20H,3,7,10-13,16H2,1-2H3,(H,27,31). The van der Waals surface area contributed by atoms with Crippen molar-refractivity contribution in [3.05, 3.63) is 58.1 Å². The molecule has 0 aromatic heterocycles. The minimum absolute atomic E-state index is 0.0941. The van der Waals surface area contributed by atoms with E-state index < -0.39 is 15.9 Å². The average molecular weight is 549 g/mol. The third kappa shape index (κ3) is 4.92. The molecule has 9 heteroatoms. The summed E-state index contributed by atoms with van der Waals surface area (Å²) in [6.07, 6.45) is 2.16. The highest BCUT2D eigenvalue weighted by Crippen LogP contribution is 2.39. The van der Waals surface area contributed by atoms with Crippen molar-refractivity contribution in [2.45, 2.75) is 50.5 Å². The van der Waals surface area contributed by atoms with Crippen molar-refractivity contribution in [2.24, 2.45) is 5.92 Å². The smallest absolute Gasteiger partial charge is 0.245 e. The fourth-order valence-corrected chi connectivity index (χ4v) is 7.22. The lowest BCUT2D eigenvalue weighted by Crippen LogP contribution is -2.46. The second-order valence-electron chi connectivity index (χ2n) is 8.90. The Morgan fingerprint density at radius 3 is 2.62 bits per heavy atom. The van der Waals surface area contributed by atoms with E-state index in [1.54, 1.807) is 17.9 Å². The van der Waals surface area contributed by atoms with Gasteiger partial charge in [0.2, 0.25) is 21.8 Å². The number of sulfonamides is 1. The summed E-state index contributed by atoms with van der Waals surface area (Å²) in [5.74, 6) is -0.662. The molecule has 0 aliphatic carbocycles. The average Bonchev–Trinajstić information content (AvgIpc) is 3.27. The lowest BCUT2D eigenvalue weighted by molar-refractivity contribution is -0.126. The number of rotatable bonds is 6. The molecule has 2 aliphatic rings. The van der Waals surface area contributed by atoms with E-state index >= 15 is 0 Å². The number of carbonyl (C=O) groups is 2. The Morgan fingerprint density at radius 1 is 1.18 bits per heavy atom. The number of piperidine rings is 1. The highest BCUT2D eigenvalue weighted by atomic mass is 79.9. The van der Waals surface area contributed by atoms with Crippen molar-refractivity contribution in [2.75, 3.05) is 24.5 Å². The first-order valence-corrected chi connectivity index (χ1v) is 13.9. The summed E-state index contributed by atoms with van der Waals surface area (Å²) in [6, 6.07) is 13.0. The zero-order valence-electron chi connectivity index (χ0n) is 19.5. The third-order valence-electron chi connectivity index (χ3n) is 6.63. The van der Waals surface area contributed by atoms with Crippen molar-refractivity contribution in [1.29, 1.82) is 0 Å². The van der Waals surface area contributed by atoms with Crippen LogP contribution in [0.3, 0.4) is 0 Å². The topological polar surface area (TPSA) is 86.8 Å². The monoisotopic (exact) mass is 547 g/mol. The van der Waals surface area contributed by atoms with Gasteiger partial charge in [0, 0.05) is 30.5 Å². The first kappa shape index (κ1) is 24.9. The molecule has 2 aromatic carbocycles. The first-order valence-electron chi connectivity index (χ1n) is 11.7. The number of hydrogen-bond donors (Lipinski definition) is 1. The van der Waals surface area contributed by atoms with Crippen LogP contribution in [0.25, 0.3) is 0 Å². The fourth-order valence-electron chi connectivity index (χ4n) is 4.78. The molecule has 1 N–H and O–H groups in total. The van der Waals surface area contributed by atoms with Gasteiger partial charge in [-0.15, -0.1) is 0 Å². The molecule has 0 saturated carbocycles. The van der Waals surface area contributed by atoms with E-state index in [1.807, 2.05) is 43.3 Å². The van der Waals surface area contributed by atoms with Crippen LogP contribution in [0.2, 0.25) is 0 Å². The number of nitrogens with zero attached hydrogens (tertiary/aromatic N) is 2. The molecule has 0 bridgehead atoms. The lowest BCUT2D eigenvalue weighted by atomic mass is 9.98. The van der Waals surface area contributed by atoms with Crippen molar-refractivity contribution >= 4 is 43.5 Å². The normalized spacial score (nSPS) is 19.5. The predicted molar refractivity (Wildman–Crippen MR) is 135 cm³/mol. The predicted octanol–water partition coefficient (Wildman–Crippen LogP) is 4.03. The molecule has 182 valence electrons. The van der Waals surface area contributed by atoms with E-state index in [1.165, 1.54) is 4.31 Å². The van der Waals surface area contributed by atoms with Crippen LogP contribution in [0.1, 0.15) is 50.3 Å². The van der Waals surface area contributed by atoms with E-state index in [2.05, 4.69) is 21.2 Å². The summed E-state index contributed by atoms with van der Waals surface area (Å²) in [6.45, 7) is 4.65. The lowest BCUT2D eigenvalue weighted by Gasteiger charge is -2.33. The van der Waals surface area contributed by atoms with E-state index in [-0.39, 0.29) is 29.3 Å². The van der Waals surface area contributed by atoms with E-state index in [0.717, 1.165) is 11.1 Å². The molecule has 0 spiro atoms. The molecule has 2 atom stereocenters. The molecule has 7 nitrogen and oxygen atoms in total. The Kier molecular flexibility index (Phi) is 7.45. The maximum atomic E-state index is 13.8. The van der Waals surface area contributed by atoms with Crippen LogP contribution in [0.15, 0.2) is 51.8 Å². The minimum atomic E-state index is -3.90. The van der Waals surface area contributed by atoms with Crippen molar-refractivity contribution < 1.29 is 18.0 Å². The molecule has 2 heterocycles. The van der Waals surface area contributed by atoms with Gasteiger partial charge in [0.1, 0.15) is 4.90 Å². The van der Waals surface area contributed by atoms with Crippen LogP contribution in [0, 0.1) is 5.92 Å².